The van der Waals surface area contributed by atoms with Crippen LogP contribution in [-0.2, 0) is 19.1 Å². The van der Waals surface area contributed by atoms with Crippen LogP contribution >= 0.6 is 0 Å². The highest BCUT2D eigenvalue weighted by Gasteiger charge is 2.75. The Morgan fingerprint density at radius 2 is 1.94 bits per heavy atom. The maximum absolute atomic E-state index is 17.2. The number of carbonyl (C=O) groups excluding carboxylic acids is 3. The summed E-state index contributed by atoms with van der Waals surface area (Å²) in [5.74, 6) is -2.72. The van der Waals surface area contributed by atoms with E-state index >= 15 is 4.39 Å². The van der Waals surface area contributed by atoms with Crippen LogP contribution in [0, 0.1) is 28.6 Å². The number of nitrogens with two attached hydrogens (primary N) is 1. The normalized spacial score (nSPS) is 43.3. The van der Waals surface area contributed by atoms with Gasteiger partial charge in [0.1, 0.15) is 5.60 Å². The van der Waals surface area contributed by atoms with Crippen LogP contribution in [0.25, 0.3) is 0 Å². The molecule has 4 rings (SSSR count). The van der Waals surface area contributed by atoms with Gasteiger partial charge in [0.25, 0.3) is 0 Å². The molecular formula is C28H40FNO6. The van der Waals surface area contributed by atoms with Gasteiger partial charge in [-0.3, -0.25) is 14.4 Å². The monoisotopic (exact) mass is 505 g/mol. The van der Waals surface area contributed by atoms with Gasteiger partial charge >= 0.3 is 5.97 Å². The molecule has 0 aliphatic heterocycles. The molecule has 36 heavy (non-hydrogen) atoms. The Hall–Kier alpha value is -1.90. The third kappa shape index (κ3) is 3.74. The Bertz CT molecular complexity index is 995. The number of carbonyl (C=O) groups is 3. The van der Waals surface area contributed by atoms with Crippen molar-refractivity contribution in [3.8, 4) is 0 Å². The van der Waals surface area contributed by atoms with Gasteiger partial charge in [-0.15, -0.1) is 0 Å². The second-order valence-corrected chi connectivity index (χ2v) is 11.9. The summed E-state index contributed by atoms with van der Waals surface area (Å²) in [6.07, 6.45) is 6.67. The lowest BCUT2D eigenvalue weighted by atomic mass is 9.44. The molecule has 4 N–H and O–H groups in total. The van der Waals surface area contributed by atoms with Crippen LogP contribution in [0.15, 0.2) is 23.8 Å². The number of unbranched alkanes of at least 4 members (excludes halogenated alkanes) is 2. The van der Waals surface area contributed by atoms with Crippen molar-refractivity contribution in [1.29, 1.82) is 0 Å². The number of aliphatic hydroxyl groups excluding tert-OH is 1. The molecule has 7 nitrogen and oxygen atoms in total. The van der Waals surface area contributed by atoms with E-state index in [1.54, 1.807) is 26.8 Å². The molecule has 0 radical (unpaired) electrons. The summed E-state index contributed by atoms with van der Waals surface area (Å²) >= 11 is 0. The van der Waals surface area contributed by atoms with Crippen molar-refractivity contribution in [2.75, 3.05) is 13.2 Å². The predicted octanol–water partition coefficient (Wildman–Crippen LogP) is 2.97. The second-order valence-electron chi connectivity index (χ2n) is 11.9. The molecule has 0 aromatic carbocycles. The molecule has 0 unspecified atom stereocenters. The molecule has 3 saturated carbocycles. The first-order valence-corrected chi connectivity index (χ1v) is 13.3. The molecule has 4 aliphatic rings. The number of fused-ring (bicyclic) bond motifs is 5. The molecule has 8 atom stereocenters. The Kier molecular flexibility index (Phi) is 7.12. The van der Waals surface area contributed by atoms with Gasteiger partial charge in [-0.1, -0.05) is 31.9 Å². The fraction of sp³-hybridized carbons (Fsp3) is 0.750. The molecule has 8 heteroatoms. The van der Waals surface area contributed by atoms with E-state index in [1.165, 1.54) is 12.2 Å². The lowest BCUT2D eigenvalue weighted by molar-refractivity contribution is -0.220. The second kappa shape index (κ2) is 9.44. The number of aliphatic hydroxyl groups is 2. The molecule has 0 aromatic rings. The third-order valence-electron chi connectivity index (χ3n) is 10.1. The fourth-order valence-corrected chi connectivity index (χ4v) is 8.06. The summed E-state index contributed by atoms with van der Waals surface area (Å²) in [5, 5.41) is 23.3. The lowest BCUT2D eigenvalue weighted by Gasteiger charge is -2.62. The minimum atomic E-state index is -2.03. The molecule has 0 saturated heterocycles. The van der Waals surface area contributed by atoms with Crippen LogP contribution in [-0.4, -0.2) is 58.3 Å². The number of alkyl halides is 1. The molecule has 0 amide bonds. The predicted molar refractivity (Wildman–Crippen MR) is 131 cm³/mol. The number of Topliss-reactive ketones (excluding diaryl/α,β-unsaturated/α-hetero) is 1. The third-order valence-corrected chi connectivity index (χ3v) is 10.1. The minimum Gasteiger partial charge on any atom is -0.458 e. The Labute approximate surface area is 212 Å². The number of rotatable bonds is 8. The Morgan fingerprint density at radius 3 is 2.64 bits per heavy atom. The van der Waals surface area contributed by atoms with Crippen molar-refractivity contribution in [2.45, 2.75) is 89.5 Å². The minimum absolute atomic E-state index is 0.102. The maximum atomic E-state index is 17.2. The molecule has 0 aromatic heterocycles. The highest BCUT2D eigenvalue weighted by molar-refractivity contribution is 6.01. The lowest BCUT2D eigenvalue weighted by Crippen LogP contribution is -2.69. The molecule has 0 bridgehead atoms. The number of hydrogen-bond donors (Lipinski definition) is 3. The van der Waals surface area contributed by atoms with E-state index < -0.39 is 58.4 Å². The van der Waals surface area contributed by atoms with Crippen LogP contribution in [0.2, 0.25) is 0 Å². The number of ether oxygens (including phenoxy) is 1. The summed E-state index contributed by atoms with van der Waals surface area (Å²) in [5.41, 5.74) is 0.0637. The van der Waals surface area contributed by atoms with Crippen molar-refractivity contribution in [1.82, 2.24) is 0 Å². The summed E-state index contributed by atoms with van der Waals surface area (Å²) in [7, 11) is 0. The highest BCUT2D eigenvalue weighted by Crippen LogP contribution is 2.70. The largest absolute Gasteiger partial charge is 0.458 e. The molecule has 0 heterocycles. The topological polar surface area (TPSA) is 127 Å². The van der Waals surface area contributed by atoms with Crippen molar-refractivity contribution >= 4 is 17.5 Å². The van der Waals surface area contributed by atoms with E-state index in [-0.39, 0.29) is 24.5 Å². The zero-order chi connectivity index (χ0) is 26.5. The smallest absolute Gasteiger partial charge is 0.306 e. The van der Waals surface area contributed by atoms with E-state index in [9.17, 15) is 24.6 Å². The standard InChI is InChI=1S/C28H40FNO6/c1-17-13-21-20-9-8-18-14-19(31)10-11-25(18,2)27(20,29)22(32)15-26(21,3)28(17,35)23(33)16-36-24(34)7-5-4-6-12-30/h10-11,14,17,20-22,32,35H,4-9,12-13,15-16,30H2,1-3H3/t17-,20+,21+,22+,25+,26+,27+,28+/m1/s1. The van der Waals surface area contributed by atoms with Gasteiger partial charge in [0.15, 0.2) is 18.1 Å². The number of esters is 1. The van der Waals surface area contributed by atoms with Crippen LogP contribution in [0.3, 0.4) is 0 Å². The molecule has 200 valence electrons. The quantitative estimate of drug-likeness (QED) is 0.342. The Morgan fingerprint density at radius 1 is 1.22 bits per heavy atom. The first-order valence-electron chi connectivity index (χ1n) is 13.3. The summed E-state index contributed by atoms with van der Waals surface area (Å²) in [6.45, 7) is 5.29. The SMILES string of the molecule is C[C@@H]1C[C@H]2[C@@H]3CCC4=CC(=O)C=C[C@]4(C)[C@@]3(F)[C@@H](O)C[C@]2(C)[C@@]1(O)C(=O)COC(=O)CCCCCN. The molecule has 4 aliphatic carbocycles. The molecule has 0 spiro atoms. The first-order chi connectivity index (χ1) is 16.9. The molecular weight excluding hydrogens is 465 g/mol. The maximum Gasteiger partial charge on any atom is 0.306 e. The van der Waals surface area contributed by atoms with Gasteiger partial charge in [-0.25, -0.2) is 4.39 Å². The summed E-state index contributed by atoms with van der Waals surface area (Å²) in [6, 6.07) is 0. The van der Waals surface area contributed by atoms with E-state index in [1.807, 2.05) is 0 Å². The van der Waals surface area contributed by atoms with Gasteiger partial charge in [-0.2, -0.15) is 0 Å². The number of hydrogen-bond acceptors (Lipinski definition) is 7. The zero-order valence-electron chi connectivity index (χ0n) is 21.6. The van der Waals surface area contributed by atoms with Gasteiger partial charge in [0.2, 0.25) is 5.78 Å². The molecule has 3 fully saturated rings. The fourth-order valence-electron chi connectivity index (χ4n) is 8.06. The average Bonchev–Trinajstić information content (AvgIpc) is 3.03. The average molecular weight is 506 g/mol. The highest BCUT2D eigenvalue weighted by atomic mass is 19.1. The van der Waals surface area contributed by atoms with Gasteiger partial charge in [0.05, 0.1) is 6.10 Å². The van der Waals surface area contributed by atoms with E-state index in [2.05, 4.69) is 0 Å². The van der Waals surface area contributed by atoms with E-state index in [0.717, 1.165) is 12.8 Å². The van der Waals surface area contributed by atoms with Gasteiger partial charge < -0.3 is 20.7 Å². The zero-order valence-corrected chi connectivity index (χ0v) is 21.6. The number of ketones is 2. The summed E-state index contributed by atoms with van der Waals surface area (Å²) in [4.78, 5) is 37.5. The first kappa shape index (κ1) is 27.1. The van der Waals surface area contributed by atoms with Crippen LogP contribution < -0.4 is 5.73 Å². The van der Waals surface area contributed by atoms with Crippen molar-refractivity contribution in [2.24, 2.45) is 34.3 Å². The number of allylic oxidation sites excluding steroid dienone is 4. The van der Waals surface area contributed by atoms with Gasteiger partial charge in [0, 0.05) is 23.2 Å². The summed E-state index contributed by atoms with van der Waals surface area (Å²) < 4.78 is 22.4. The Balaban J connectivity index is 1.56. The van der Waals surface area contributed by atoms with Crippen molar-refractivity contribution in [3.05, 3.63) is 23.8 Å². The van der Waals surface area contributed by atoms with Crippen LogP contribution in [0.5, 0.6) is 0 Å². The number of halogens is 1. The van der Waals surface area contributed by atoms with E-state index in [4.69, 9.17) is 10.5 Å². The van der Waals surface area contributed by atoms with Crippen LogP contribution in [0.1, 0.15) is 72.1 Å². The van der Waals surface area contributed by atoms with E-state index in [0.29, 0.717) is 37.8 Å². The van der Waals surface area contributed by atoms with Crippen LogP contribution in [0.4, 0.5) is 4.39 Å². The van der Waals surface area contributed by atoms with Crippen molar-refractivity contribution in [3.63, 3.8) is 0 Å². The van der Waals surface area contributed by atoms with Crippen molar-refractivity contribution < 1.29 is 33.7 Å². The van der Waals surface area contributed by atoms with Gasteiger partial charge in [-0.05, 0) is 76.0 Å².